The Kier molecular flexibility index (Phi) is 8.16. The van der Waals surface area contributed by atoms with Crippen molar-refractivity contribution < 1.29 is 4.74 Å². The van der Waals surface area contributed by atoms with E-state index >= 15 is 0 Å². The molecule has 0 spiro atoms. The van der Waals surface area contributed by atoms with Crippen LogP contribution in [0.4, 0.5) is 17.5 Å². The first-order valence-electron chi connectivity index (χ1n) is 13.4. The third-order valence-corrected chi connectivity index (χ3v) is 6.93. The molecular formula is C28H36N10O. The Bertz CT molecular complexity index is 1310. The minimum absolute atomic E-state index is 0.184. The average Bonchev–Trinajstić information content (AvgIpc) is 3.39. The molecule has 1 fully saturated rings. The fourth-order valence-electron chi connectivity index (χ4n) is 4.86. The van der Waals surface area contributed by atoms with Gasteiger partial charge in [-0.3, -0.25) is 10.4 Å². The maximum atomic E-state index is 7.97. The molecule has 11 nitrogen and oxygen atoms in total. The number of hydrogen-bond acceptors (Lipinski definition) is 10. The van der Waals surface area contributed by atoms with E-state index in [4.69, 9.17) is 20.9 Å². The number of aliphatic imine (C=N–C) groups is 1. The second kappa shape index (κ2) is 12.1. The molecule has 0 aliphatic carbocycles. The summed E-state index contributed by atoms with van der Waals surface area (Å²) in [5.74, 6) is 2.64. The molecule has 5 N–H and O–H groups in total. The van der Waals surface area contributed by atoms with Gasteiger partial charge in [-0.25, -0.2) is 0 Å². The highest BCUT2D eigenvalue weighted by molar-refractivity contribution is 6.00. The second-order valence-corrected chi connectivity index (χ2v) is 9.79. The molecule has 0 saturated carbocycles. The molecule has 2 aromatic carbocycles. The lowest BCUT2D eigenvalue weighted by molar-refractivity contribution is 0.340. The van der Waals surface area contributed by atoms with Crippen LogP contribution in [0.5, 0.6) is 5.75 Å². The molecule has 1 saturated heterocycles. The van der Waals surface area contributed by atoms with E-state index in [2.05, 4.69) is 47.8 Å². The fraction of sp³-hybridized carbons (Fsp3) is 0.393. The summed E-state index contributed by atoms with van der Waals surface area (Å²) in [6.07, 6.45) is 2.09. The number of aromatic nitrogens is 3. The van der Waals surface area contributed by atoms with Gasteiger partial charge in [0.2, 0.25) is 5.95 Å². The van der Waals surface area contributed by atoms with E-state index in [9.17, 15) is 0 Å². The Balaban J connectivity index is 1.25. The maximum absolute atomic E-state index is 7.97. The number of likely N-dealkylation sites (N-methyl/N-ethyl adjacent to an activating group) is 1. The van der Waals surface area contributed by atoms with Gasteiger partial charge in [0.1, 0.15) is 17.4 Å². The summed E-state index contributed by atoms with van der Waals surface area (Å²) in [5.41, 5.74) is 9.13. The standard InChI is InChI=1S/C28H36N10O/c1-3-39-23-12-6-19(7-13-23)17-32-22-5-4-15-38(18-22)28-34-26(24(25(29)30)35-36-28)33-21-10-8-20(9-11-21)27-31-14-16-37(27)2/h6-13,22,32H,3-5,14-18H2,1-2H3,(H3,29,30)(H,33,34,36)/t22-/m1/s1. The Hall–Kier alpha value is -4.25. The number of nitrogens with zero attached hydrogens (tertiary/aromatic N) is 6. The predicted octanol–water partition coefficient (Wildman–Crippen LogP) is 2.75. The first-order chi connectivity index (χ1) is 19.0. The van der Waals surface area contributed by atoms with Crippen LogP contribution in [0.25, 0.3) is 0 Å². The zero-order valence-electron chi connectivity index (χ0n) is 22.5. The van der Waals surface area contributed by atoms with Crippen molar-refractivity contribution in [2.75, 3.05) is 50.1 Å². The first-order valence-corrected chi connectivity index (χ1v) is 13.4. The van der Waals surface area contributed by atoms with E-state index in [-0.39, 0.29) is 11.5 Å². The van der Waals surface area contributed by atoms with Gasteiger partial charge in [-0.15, -0.1) is 10.2 Å². The summed E-state index contributed by atoms with van der Waals surface area (Å²) in [5, 5.41) is 23.5. The number of nitrogens with one attached hydrogen (secondary N) is 3. The molecule has 0 radical (unpaired) electrons. The van der Waals surface area contributed by atoms with Crippen molar-refractivity contribution in [2.24, 2.45) is 10.7 Å². The Morgan fingerprint density at radius 1 is 1.10 bits per heavy atom. The Morgan fingerprint density at radius 3 is 2.59 bits per heavy atom. The lowest BCUT2D eigenvalue weighted by Crippen LogP contribution is -2.46. The minimum atomic E-state index is -0.184. The number of anilines is 3. The van der Waals surface area contributed by atoms with E-state index in [1.807, 2.05) is 50.4 Å². The monoisotopic (exact) mass is 528 g/mol. The van der Waals surface area contributed by atoms with E-state index in [0.717, 1.165) is 68.4 Å². The van der Waals surface area contributed by atoms with Gasteiger partial charge in [0.15, 0.2) is 11.5 Å². The lowest BCUT2D eigenvalue weighted by atomic mass is 10.1. The topological polar surface area (TPSA) is 141 Å². The molecule has 0 bridgehead atoms. The van der Waals surface area contributed by atoms with E-state index in [0.29, 0.717) is 24.4 Å². The van der Waals surface area contributed by atoms with Crippen molar-refractivity contribution in [1.82, 2.24) is 25.4 Å². The van der Waals surface area contributed by atoms with Crippen LogP contribution in [-0.2, 0) is 6.54 Å². The highest BCUT2D eigenvalue weighted by Crippen LogP contribution is 2.23. The van der Waals surface area contributed by atoms with Gasteiger partial charge in [-0.1, -0.05) is 12.1 Å². The highest BCUT2D eigenvalue weighted by atomic mass is 16.5. The van der Waals surface area contributed by atoms with Crippen LogP contribution in [0.1, 0.15) is 36.6 Å². The summed E-state index contributed by atoms with van der Waals surface area (Å²) in [6, 6.07) is 16.5. The van der Waals surface area contributed by atoms with E-state index < -0.39 is 0 Å². The van der Waals surface area contributed by atoms with Crippen molar-refractivity contribution >= 4 is 29.1 Å². The zero-order valence-corrected chi connectivity index (χ0v) is 22.5. The average molecular weight is 529 g/mol. The van der Waals surface area contributed by atoms with Crippen LogP contribution in [0.2, 0.25) is 0 Å². The molecule has 3 heterocycles. The number of nitrogens with two attached hydrogens (primary N) is 1. The van der Waals surface area contributed by atoms with E-state index in [1.165, 1.54) is 5.56 Å². The van der Waals surface area contributed by atoms with Gasteiger partial charge in [0.25, 0.3) is 0 Å². The third kappa shape index (κ3) is 6.43. The largest absolute Gasteiger partial charge is 0.494 e. The molecule has 0 amide bonds. The molecule has 2 aliphatic heterocycles. The van der Waals surface area contributed by atoms with Crippen molar-refractivity contribution in [2.45, 2.75) is 32.4 Å². The number of nitrogen functional groups attached to an aromatic ring is 1. The summed E-state index contributed by atoms with van der Waals surface area (Å²) in [7, 11) is 2.05. The van der Waals surface area contributed by atoms with Crippen LogP contribution in [0, 0.1) is 5.41 Å². The van der Waals surface area contributed by atoms with Gasteiger partial charge < -0.3 is 30.9 Å². The SMILES string of the molecule is CCOc1ccc(CN[C@@H]2CCCN(c3nnc(C(=N)N)c(Nc4ccc(C5=NCCN5C)cc4)n3)C2)cc1. The molecule has 11 heteroatoms. The van der Waals surface area contributed by atoms with Gasteiger partial charge >= 0.3 is 0 Å². The lowest BCUT2D eigenvalue weighted by Gasteiger charge is -2.33. The molecule has 39 heavy (non-hydrogen) atoms. The van der Waals surface area contributed by atoms with Crippen molar-refractivity contribution in [1.29, 1.82) is 5.41 Å². The third-order valence-electron chi connectivity index (χ3n) is 6.93. The predicted molar refractivity (Wildman–Crippen MR) is 154 cm³/mol. The number of amidine groups is 2. The van der Waals surface area contributed by atoms with Crippen LogP contribution in [-0.4, -0.2) is 77.6 Å². The highest BCUT2D eigenvalue weighted by Gasteiger charge is 2.24. The number of benzene rings is 2. The van der Waals surface area contributed by atoms with Crippen molar-refractivity contribution in [3.05, 3.63) is 65.4 Å². The molecule has 0 unspecified atom stereocenters. The van der Waals surface area contributed by atoms with Crippen LogP contribution in [0.3, 0.4) is 0 Å². The van der Waals surface area contributed by atoms with Crippen molar-refractivity contribution in [3.63, 3.8) is 0 Å². The normalized spacial score (nSPS) is 17.2. The van der Waals surface area contributed by atoms with Crippen LogP contribution >= 0.6 is 0 Å². The quantitative estimate of drug-likeness (QED) is 0.231. The van der Waals surface area contributed by atoms with Crippen molar-refractivity contribution in [3.8, 4) is 5.75 Å². The van der Waals surface area contributed by atoms with Gasteiger partial charge in [0, 0.05) is 50.5 Å². The smallest absolute Gasteiger partial charge is 0.247 e. The summed E-state index contributed by atoms with van der Waals surface area (Å²) >= 11 is 0. The molecule has 5 rings (SSSR count). The number of ether oxygens (including phenoxy) is 1. The molecule has 1 atom stereocenters. The molecule has 3 aromatic rings. The summed E-state index contributed by atoms with van der Waals surface area (Å²) in [6.45, 7) is 6.78. The van der Waals surface area contributed by atoms with Crippen LogP contribution < -0.4 is 26.0 Å². The van der Waals surface area contributed by atoms with Crippen LogP contribution in [0.15, 0.2) is 53.5 Å². The number of piperidine rings is 1. The number of hydrogen-bond donors (Lipinski definition) is 4. The van der Waals surface area contributed by atoms with E-state index in [1.54, 1.807) is 0 Å². The van der Waals surface area contributed by atoms with Gasteiger partial charge in [-0.2, -0.15) is 4.98 Å². The fourth-order valence-corrected chi connectivity index (χ4v) is 4.86. The second-order valence-electron chi connectivity index (χ2n) is 9.79. The molecule has 1 aromatic heterocycles. The maximum Gasteiger partial charge on any atom is 0.247 e. The first kappa shape index (κ1) is 26.4. The summed E-state index contributed by atoms with van der Waals surface area (Å²) in [4.78, 5) is 13.6. The number of rotatable bonds is 10. The molecule has 2 aliphatic rings. The van der Waals surface area contributed by atoms with Gasteiger partial charge in [-0.05, 0) is 61.7 Å². The zero-order chi connectivity index (χ0) is 27.2. The molecule has 204 valence electrons. The minimum Gasteiger partial charge on any atom is -0.494 e. The Labute approximate surface area is 229 Å². The van der Waals surface area contributed by atoms with Gasteiger partial charge in [0.05, 0.1) is 13.2 Å². The summed E-state index contributed by atoms with van der Waals surface area (Å²) < 4.78 is 5.54. The Morgan fingerprint density at radius 2 is 1.90 bits per heavy atom. The molecular weight excluding hydrogens is 492 g/mol.